The predicted molar refractivity (Wildman–Crippen MR) is 111 cm³/mol. The molecule has 0 atom stereocenters. The van der Waals surface area contributed by atoms with Gasteiger partial charge in [0.1, 0.15) is 0 Å². The number of hydrogen-bond donors (Lipinski definition) is 1. The van der Waals surface area contributed by atoms with Crippen molar-refractivity contribution in [1.29, 1.82) is 0 Å². The zero-order chi connectivity index (χ0) is 20.4. The molecule has 1 N–H and O–H groups in total. The van der Waals surface area contributed by atoms with Gasteiger partial charge in [0.25, 0.3) is 20.0 Å². The van der Waals surface area contributed by atoms with Crippen LogP contribution in [-0.2, 0) is 20.0 Å². The summed E-state index contributed by atoms with van der Waals surface area (Å²) in [5, 5.41) is 0.413. The predicted octanol–water partition coefficient (Wildman–Crippen LogP) is 3.97. The SMILES string of the molecule is CN(c1ccccc1)S(=O)(=O)c1cccc(NS(=O)(=O)c2ccc(Cl)cc2)c1. The van der Waals surface area contributed by atoms with Gasteiger partial charge in [0.2, 0.25) is 0 Å². The highest BCUT2D eigenvalue weighted by molar-refractivity contribution is 7.93. The van der Waals surface area contributed by atoms with Gasteiger partial charge >= 0.3 is 0 Å². The summed E-state index contributed by atoms with van der Waals surface area (Å²) < 4.78 is 54.3. The molecule has 0 aromatic heterocycles. The molecule has 0 amide bonds. The topological polar surface area (TPSA) is 83.6 Å². The summed E-state index contributed by atoms with van der Waals surface area (Å²) in [5.74, 6) is 0. The normalized spacial score (nSPS) is 11.8. The molecular formula is C19H17ClN2O4S2. The molecule has 0 aliphatic rings. The molecule has 6 nitrogen and oxygen atoms in total. The van der Waals surface area contributed by atoms with Crippen LogP contribution in [0.5, 0.6) is 0 Å². The lowest BCUT2D eigenvalue weighted by Crippen LogP contribution is -2.26. The second-order valence-corrected chi connectivity index (χ2v) is 9.98. The van der Waals surface area contributed by atoms with Crippen LogP contribution in [0, 0.1) is 0 Å². The van der Waals surface area contributed by atoms with E-state index >= 15 is 0 Å². The maximum atomic E-state index is 12.9. The third-order valence-corrected chi connectivity index (χ3v) is 7.42. The zero-order valence-corrected chi connectivity index (χ0v) is 17.2. The molecule has 0 aliphatic carbocycles. The molecule has 0 spiro atoms. The lowest BCUT2D eigenvalue weighted by molar-refractivity contribution is 0.593. The standard InChI is InChI=1S/C19H17ClN2O4S2/c1-22(17-7-3-2-4-8-17)28(25,26)19-9-5-6-16(14-19)21-27(23,24)18-12-10-15(20)11-13-18/h2-14,21H,1H3. The number of para-hydroxylation sites is 1. The maximum Gasteiger partial charge on any atom is 0.264 e. The molecule has 0 unspecified atom stereocenters. The van der Waals surface area contributed by atoms with Crippen molar-refractivity contribution in [2.75, 3.05) is 16.1 Å². The van der Waals surface area contributed by atoms with E-state index in [0.717, 1.165) is 4.31 Å². The third kappa shape index (κ3) is 4.30. The van der Waals surface area contributed by atoms with E-state index in [1.54, 1.807) is 30.3 Å². The lowest BCUT2D eigenvalue weighted by Gasteiger charge is -2.20. The van der Waals surface area contributed by atoms with E-state index in [1.165, 1.54) is 55.6 Å². The average Bonchev–Trinajstić information content (AvgIpc) is 2.68. The van der Waals surface area contributed by atoms with Crippen LogP contribution in [0.3, 0.4) is 0 Å². The molecular weight excluding hydrogens is 420 g/mol. The number of anilines is 2. The lowest BCUT2D eigenvalue weighted by atomic mass is 10.3. The van der Waals surface area contributed by atoms with Crippen molar-refractivity contribution in [3.8, 4) is 0 Å². The van der Waals surface area contributed by atoms with Gasteiger partial charge in [0, 0.05) is 12.1 Å². The van der Waals surface area contributed by atoms with E-state index in [0.29, 0.717) is 10.7 Å². The Balaban J connectivity index is 1.91. The van der Waals surface area contributed by atoms with Gasteiger partial charge in [-0.3, -0.25) is 9.03 Å². The molecule has 3 rings (SSSR count). The van der Waals surface area contributed by atoms with Gasteiger partial charge in [0.05, 0.1) is 21.2 Å². The van der Waals surface area contributed by atoms with Crippen molar-refractivity contribution in [2.24, 2.45) is 0 Å². The van der Waals surface area contributed by atoms with Gasteiger partial charge in [-0.1, -0.05) is 35.9 Å². The molecule has 0 fully saturated rings. The minimum Gasteiger partial charge on any atom is -0.280 e. The fraction of sp³-hybridized carbons (Fsp3) is 0.0526. The second-order valence-electron chi connectivity index (χ2n) is 5.90. The molecule has 3 aromatic carbocycles. The van der Waals surface area contributed by atoms with Crippen molar-refractivity contribution < 1.29 is 16.8 Å². The first-order valence-electron chi connectivity index (χ1n) is 8.12. The quantitative estimate of drug-likeness (QED) is 0.633. The van der Waals surface area contributed by atoms with E-state index in [1.807, 2.05) is 0 Å². The highest BCUT2D eigenvalue weighted by Crippen LogP contribution is 2.25. The van der Waals surface area contributed by atoms with Crippen molar-refractivity contribution in [3.05, 3.63) is 83.9 Å². The molecule has 0 saturated carbocycles. The summed E-state index contributed by atoms with van der Waals surface area (Å²) in [5.41, 5.74) is 0.632. The summed E-state index contributed by atoms with van der Waals surface area (Å²) in [6.07, 6.45) is 0. The van der Waals surface area contributed by atoms with Gasteiger partial charge in [-0.15, -0.1) is 0 Å². The van der Waals surface area contributed by atoms with Crippen LogP contribution in [0.25, 0.3) is 0 Å². The molecule has 28 heavy (non-hydrogen) atoms. The van der Waals surface area contributed by atoms with Crippen LogP contribution in [0.15, 0.2) is 88.7 Å². The Morgan fingerprint density at radius 3 is 2.07 bits per heavy atom. The van der Waals surface area contributed by atoms with Crippen LogP contribution in [0.4, 0.5) is 11.4 Å². The van der Waals surface area contributed by atoms with Crippen LogP contribution >= 0.6 is 11.6 Å². The first-order valence-corrected chi connectivity index (χ1v) is 11.4. The largest absolute Gasteiger partial charge is 0.280 e. The Kier molecular flexibility index (Phi) is 5.64. The van der Waals surface area contributed by atoms with Crippen molar-refractivity contribution in [3.63, 3.8) is 0 Å². The van der Waals surface area contributed by atoms with E-state index in [4.69, 9.17) is 11.6 Å². The van der Waals surface area contributed by atoms with Crippen LogP contribution in [-0.4, -0.2) is 23.9 Å². The monoisotopic (exact) mass is 436 g/mol. The number of hydrogen-bond acceptors (Lipinski definition) is 4. The fourth-order valence-electron chi connectivity index (χ4n) is 2.48. The van der Waals surface area contributed by atoms with E-state index < -0.39 is 20.0 Å². The minimum atomic E-state index is -3.88. The van der Waals surface area contributed by atoms with Gasteiger partial charge in [-0.2, -0.15) is 0 Å². The summed E-state index contributed by atoms with van der Waals surface area (Å²) in [4.78, 5) is -0.0123. The summed E-state index contributed by atoms with van der Waals surface area (Å²) in [6.45, 7) is 0. The van der Waals surface area contributed by atoms with Crippen molar-refractivity contribution >= 4 is 43.0 Å². The molecule has 3 aromatic rings. The number of nitrogens with zero attached hydrogens (tertiary/aromatic N) is 1. The molecule has 0 saturated heterocycles. The van der Waals surface area contributed by atoms with Gasteiger partial charge in [-0.05, 0) is 54.6 Å². The fourth-order valence-corrected chi connectivity index (χ4v) is 4.90. The summed E-state index contributed by atoms with van der Waals surface area (Å²) in [6, 6.07) is 19.9. The summed E-state index contributed by atoms with van der Waals surface area (Å²) in [7, 11) is -6.30. The highest BCUT2D eigenvalue weighted by Gasteiger charge is 2.22. The second kappa shape index (κ2) is 7.83. The molecule has 146 valence electrons. The van der Waals surface area contributed by atoms with E-state index in [9.17, 15) is 16.8 Å². The Bertz CT molecular complexity index is 1180. The van der Waals surface area contributed by atoms with Crippen LogP contribution in [0.1, 0.15) is 0 Å². The van der Waals surface area contributed by atoms with Crippen LogP contribution in [0.2, 0.25) is 5.02 Å². The summed E-state index contributed by atoms with van der Waals surface area (Å²) >= 11 is 5.79. The zero-order valence-electron chi connectivity index (χ0n) is 14.8. The van der Waals surface area contributed by atoms with E-state index in [2.05, 4.69) is 4.72 Å². The van der Waals surface area contributed by atoms with E-state index in [-0.39, 0.29) is 15.5 Å². The molecule has 0 bridgehead atoms. The Morgan fingerprint density at radius 1 is 0.786 bits per heavy atom. The molecule has 0 radical (unpaired) electrons. The third-order valence-electron chi connectivity index (χ3n) is 3.99. The van der Waals surface area contributed by atoms with Crippen molar-refractivity contribution in [1.82, 2.24) is 0 Å². The van der Waals surface area contributed by atoms with Gasteiger partial charge in [-0.25, -0.2) is 16.8 Å². The minimum absolute atomic E-state index is 0.0200. The molecule has 9 heteroatoms. The molecule has 0 heterocycles. The Hall–Kier alpha value is -2.55. The Labute approximate surface area is 169 Å². The van der Waals surface area contributed by atoms with Gasteiger partial charge < -0.3 is 0 Å². The van der Waals surface area contributed by atoms with Crippen molar-refractivity contribution in [2.45, 2.75) is 9.79 Å². The first-order chi connectivity index (χ1) is 13.2. The Morgan fingerprint density at radius 2 is 1.43 bits per heavy atom. The first kappa shape index (κ1) is 20.2. The smallest absolute Gasteiger partial charge is 0.264 e. The highest BCUT2D eigenvalue weighted by atomic mass is 35.5. The van der Waals surface area contributed by atoms with Crippen LogP contribution < -0.4 is 9.03 Å². The number of halogens is 1. The maximum absolute atomic E-state index is 12.9. The van der Waals surface area contributed by atoms with Gasteiger partial charge in [0.15, 0.2) is 0 Å². The number of nitrogens with one attached hydrogen (secondary N) is 1. The number of benzene rings is 3. The number of rotatable bonds is 6. The average molecular weight is 437 g/mol. The number of sulfonamides is 2. The molecule has 0 aliphatic heterocycles.